The van der Waals surface area contributed by atoms with Gasteiger partial charge in [0.1, 0.15) is 5.75 Å². The van der Waals surface area contributed by atoms with E-state index in [1.165, 1.54) is 0 Å². The second-order valence-corrected chi connectivity index (χ2v) is 1.25. The molecule has 0 aliphatic heterocycles. The summed E-state index contributed by atoms with van der Waals surface area (Å²) in [6, 6.07) is 1.86. The summed E-state index contributed by atoms with van der Waals surface area (Å²) in [5, 5.41) is 0. The van der Waals surface area contributed by atoms with E-state index in [2.05, 4.69) is 4.98 Å². The zero-order valence-electron chi connectivity index (χ0n) is 4.14. The maximum atomic E-state index is 4.82. The molecule has 0 atom stereocenters. The van der Waals surface area contributed by atoms with Gasteiger partial charge in [0.25, 0.3) is 0 Å². The molecule has 0 radical (unpaired) electrons. The van der Waals surface area contributed by atoms with E-state index >= 15 is 0 Å². The first-order valence-electron chi connectivity index (χ1n) is 2.10. The van der Waals surface area contributed by atoms with Crippen LogP contribution >= 0.6 is 0 Å². The van der Waals surface area contributed by atoms with Gasteiger partial charge in [-0.15, -0.1) is 0 Å². The Morgan fingerprint density at radius 1 is 1.71 bits per heavy atom. The van der Waals surface area contributed by atoms with Crippen LogP contribution in [0, 0.1) is 0 Å². The number of ether oxygens (including phenoxy) is 1. The van der Waals surface area contributed by atoms with Gasteiger partial charge in [-0.25, -0.2) is 0 Å². The van der Waals surface area contributed by atoms with Crippen molar-refractivity contribution in [3.8, 4) is 5.75 Å². The molecule has 7 heavy (non-hydrogen) atoms. The molecule has 0 spiro atoms. The lowest BCUT2D eigenvalue weighted by Crippen LogP contribution is -1.75. The Morgan fingerprint density at radius 2 is 2.57 bits per heavy atom. The first kappa shape index (κ1) is 4.24. The molecule has 1 heterocycles. The zero-order chi connectivity index (χ0) is 5.11. The van der Waals surface area contributed by atoms with Crippen LogP contribution in [0.5, 0.6) is 5.75 Å². The lowest BCUT2D eigenvalue weighted by atomic mass is 10.6. The van der Waals surface area contributed by atoms with Crippen LogP contribution in [0.4, 0.5) is 0 Å². The molecule has 0 amide bonds. The fraction of sp³-hybridized carbons (Fsp3) is 0.200. The summed E-state index contributed by atoms with van der Waals surface area (Å²) in [4.78, 5) is 2.86. The van der Waals surface area contributed by atoms with E-state index in [9.17, 15) is 0 Å². The number of aromatic nitrogens is 1. The van der Waals surface area contributed by atoms with Gasteiger partial charge in [0.05, 0.1) is 7.11 Å². The Balaban J connectivity index is 2.76. The average Bonchev–Trinajstić information content (AvgIpc) is 2.14. The molecule has 0 saturated heterocycles. The number of methoxy groups -OCH3 is 1. The molecular weight excluding hydrogens is 90.1 g/mol. The maximum Gasteiger partial charge on any atom is 0.136 e. The third-order valence-corrected chi connectivity index (χ3v) is 0.805. The number of nitrogens with one attached hydrogen (secondary N) is 1. The third-order valence-electron chi connectivity index (χ3n) is 0.805. The summed E-state index contributed by atoms with van der Waals surface area (Å²) in [7, 11) is 1.64. The number of aromatic amines is 1. The van der Waals surface area contributed by atoms with E-state index in [4.69, 9.17) is 4.74 Å². The van der Waals surface area contributed by atoms with Gasteiger partial charge >= 0.3 is 0 Å². The van der Waals surface area contributed by atoms with Gasteiger partial charge in [-0.3, -0.25) is 0 Å². The minimum atomic E-state index is 0.875. The highest BCUT2D eigenvalue weighted by molar-refractivity contribution is 5.14. The fourth-order valence-electron chi connectivity index (χ4n) is 0.436. The first-order valence-corrected chi connectivity index (χ1v) is 2.10. The van der Waals surface area contributed by atoms with Crippen LogP contribution < -0.4 is 4.74 Å². The third kappa shape index (κ3) is 0.738. The molecule has 0 aliphatic carbocycles. The lowest BCUT2D eigenvalue weighted by Gasteiger charge is -1.86. The Bertz CT molecular complexity index is 123. The molecule has 0 fully saturated rings. The van der Waals surface area contributed by atoms with Crippen LogP contribution in [0.15, 0.2) is 18.5 Å². The molecule has 0 aromatic carbocycles. The molecule has 1 rings (SSSR count). The summed E-state index contributed by atoms with van der Waals surface area (Å²) >= 11 is 0. The lowest BCUT2D eigenvalue weighted by molar-refractivity contribution is 0.415. The molecule has 38 valence electrons. The monoisotopic (exact) mass is 97.1 g/mol. The smallest absolute Gasteiger partial charge is 0.136 e. The summed E-state index contributed by atoms with van der Waals surface area (Å²) in [6.07, 6.45) is 3.61. The van der Waals surface area contributed by atoms with Gasteiger partial charge in [0, 0.05) is 12.4 Å². The van der Waals surface area contributed by atoms with Crippen molar-refractivity contribution in [1.29, 1.82) is 0 Å². The van der Waals surface area contributed by atoms with Crippen molar-refractivity contribution < 1.29 is 4.74 Å². The highest BCUT2D eigenvalue weighted by Crippen LogP contribution is 2.03. The van der Waals surface area contributed by atoms with Crippen molar-refractivity contribution in [3.63, 3.8) is 0 Å². The van der Waals surface area contributed by atoms with Crippen molar-refractivity contribution in [2.75, 3.05) is 7.11 Å². The number of hydrogen-bond acceptors (Lipinski definition) is 1. The summed E-state index contributed by atoms with van der Waals surface area (Å²) < 4.78 is 4.82. The average molecular weight is 97.1 g/mol. The Morgan fingerprint density at radius 3 is 2.86 bits per heavy atom. The topological polar surface area (TPSA) is 25.0 Å². The second kappa shape index (κ2) is 1.69. The Hall–Kier alpha value is -0.920. The number of hydrogen-bond donors (Lipinski definition) is 1. The Kier molecular flexibility index (Phi) is 1.02. The molecule has 2 heteroatoms. The van der Waals surface area contributed by atoms with Crippen LogP contribution in [-0.2, 0) is 0 Å². The van der Waals surface area contributed by atoms with Gasteiger partial charge in [0.2, 0.25) is 0 Å². The van der Waals surface area contributed by atoms with Crippen LogP contribution in [0.1, 0.15) is 0 Å². The molecule has 0 unspecified atom stereocenters. The number of rotatable bonds is 1. The molecule has 0 saturated carbocycles. The van der Waals surface area contributed by atoms with Gasteiger partial charge in [-0.05, 0) is 6.07 Å². The van der Waals surface area contributed by atoms with Gasteiger partial charge in [-0.2, -0.15) is 0 Å². The summed E-state index contributed by atoms with van der Waals surface area (Å²) in [6.45, 7) is 0. The van der Waals surface area contributed by atoms with Gasteiger partial charge < -0.3 is 9.72 Å². The van der Waals surface area contributed by atoms with E-state index in [0.717, 1.165) is 5.75 Å². The SMILES string of the molecule is COc1cc[nH]c1. The highest BCUT2D eigenvalue weighted by atomic mass is 16.5. The molecule has 2 nitrogen and oxygen atoms in total. The predicted molar refractivity (Wildman–Crippen MR) is 27.3 cm³/mol. The van der Waals surface area contributed by atoms with E-state index in [0.29, 0.717) is 0 Å². The molecule has 0 aliphatic rings. The molecular formula is C5H7NO. The standard InChI is InChI=1S/C5H7NO/c1-7-5-2-3-6-4-5/h2-4,6H,1H3. The highest BCUT2D eigenvalue weighted by Gasteiger charge is 1.81. The Labute approximate surface area is 42.1 Å². The fourth-order valence-corrected chi connectivity index (χ4v) is 0.436. The minimum absolute atomic E-state index is 0.875. The van der Waals surface area contributed by atoms with Crippen LogP contribution in [0.2, 0.25) is 0 Å². The van der Waals surface area contributed by atoms with Crippen molar-refractivity contribution in [2.45, 2.75) is 0 Å². The maximum absolute atomic E-state index is 4.82. The molecule has 1 N–H and O–H groups in total. The van der Waals surface area contributed by atoms with Gasteiger partial charge in [0.15, 0.2) is 0 Å². The van der Waals surface area contributed by atoms with E-state index in [-0.39, 0.29) is 0 Å². The van der Waals surface area contributed by atoms with Crippen molar-refractivity contribution in [3.05, 3.63) is 18.5 Å². The molecule has 1 aromatic rings. The quantitative estimate of drug-likeness (QED) is 0.556. The van der Waals surface area contributed by atoms with Crippen LogP contribution in [0.3, 0.4) is 0 Å². The zero-order valence-corrected chi connectivity index (χ0v) is 4.14. The van der Waals surface area contributed by atoms with Gasteiger partial charge in [-0.1, -0.05) is 0 Å². The van der Waals surface area contributed by atoms with Crippen molar-refractivity contribution in [1.82, 2.24) is 4.98 Å². The number of H-pyrrole nitrogens is 1. The minimum Gasteiger partial charge on any atom is -0.495 e. The summed E-state index contributed by atoms with van der Waals surface area (Å²) in [5.74, 6) is 0.875. The van der Waals surface area contributed by atoms with Crippen LogP contribution in [0.25, 0.3) is 0 Å². The van der Waals surface area contributed by atoms with E-state index < -0.39 is 0 Å². The molecule has 0 bridgehead atoms. The normalized spacial score (nSPS) is 8.71. The van der Waals surface area contributed by atoms with E-state index in [1.807, 2.05) is 12.3 Å². The van der Waals surface area contributed by atoms with Crippen LogP contribution in [-0.4, -0.2) is 12.1 Å². The predicted octanol–water partition coefficient (Wildman–Crippen LogP) is 1.02. The van der Waals surface area contributed by atoms with Crippen molar-refractivity contribution >= 4 is 0 Å². The van der Waals surface area contributed by atoms with Crippen molar-refractivity contribution in [2.24, 2.45) is 0 Å². The largest absolute Gasteiger partial charge is 0.495 e. The second-order valence-electron chi connectivity index (χ2n) is 1.25. The molecule has 1 aromatic heterocycles. The van der Waals surface area contributed by atoms with E-state index in [1.54, 1.807) is 13.3 Å². The summed E-state index contributed by atoms with van der Waals surface area (Å²) in [5.41, 5.74) is 0. The first-order chi connectivity index (χ1) is 3.43.